The van der Waals surface area contributed by atoms with Gasteiger partial charge >= 0.3 is 0 Å². The summed E-state index contributed by atoms with van der Waals surface area (Å²) in [7, 11) is 0. The lowest BCUT2D eigenvalue weighted by Crippen LogP contribution is -1.92. The van der Waals surface area contributed by atoms with Crippen LogP contribution < -0.4 is 0 Å². The summed E-state index contributed by atoms with van der Waals surface area (Å²) in [6, 6.07) is 66.9. The first kappa shape index (κ1) is 35.5. The molecule has 8 aromatic carbocycles. The number of hydrogen-bond donors (Lipinski definition) is 0. The van der Waals surface area contributed by atoms with E-state index in [1.165, 1.54) is 99.5 Å². The third kappa shape index (κ3) is 6.26. The molecule has 57 heavy (non-hydrogen) atoms. The van der Waals surface area contributed by atoms with Gasteiger partial charge in [0.05, 0.1) is 22.1 Å². The van der Waals surface area contributed by atoms with E-state index in [0.29, 0.717) is 0 Å². The van der Waals surface area contributed by atoms with Crippen LogP contribution in [0.3, 0.4) is 0 Å². The summed E-state index contributed by atoms with van der Waals surface area (Å²) in [5, 5.41) is 5.11. The Hall–Kier alpha value is -7.16. The number of aromatic nitrogens is 2. The average molecular weight is 733 g/mol. The molecule has 0 fully saturated rings. The second kappa shape index (κ2) is 15.2. The Bertz CT molecular complexity index is 2880. The van der Waals surface area contributed by atoms with E-state index < -0.39 is 0 Å². The Balaban J connectivity index is 0.000000666. The van der Waals surface area contributed by atoms with Crippen molar-refractivity contribution in [2.24, 2.45) is 0 Å². The van der Waals surface area contributed by atoms with Crippen LogP contribution in [0.1, 0.15) is 25.0 Å². The summed E-state index contributed by atoms with van der Waals surface area (Å²) in [6.07, 6.45) is 4.47. The molecule has 2 aromatic heterocycles. The van der Waals surface area contributed by atoms with Gasteiger partial charge in [0.1, 0.15) is 0 Å². The lowest BCUT2D eigenvalue weighted by Gasteiger charge is -2.10. The minimum atomic E-state index is 0.971. The molecule has 0 spiro atoms. The molecule has 0 N–H and O–H groups in total. The predicted octanol–water partition coefficient (Wildman–Crippen LogP) is 15.2. The van der Waals surface area contributed by atoms with Gasteiger partial charge in [0.15, 0.2) is 0 Å². The van der Waals surface area contributed by atoms with Crippen molar-refractivity contribution in [2.45, 2.75) is 20.3 Å². The van der Waals surface area contributed by atoms with Gasteiger partial charge in [-0.2, -0.15) is 0 Å². The molecule has 0 radical (unpaired) electrons. The Labute approximate surface area is 334 Å². The normalized spacial score (nSPS) is 11.4. The van der Waals surface area contributed by atoms with Crippen molar-refractivity contribution in [1.82, 2.24) is 9.13 Å². The van der Waals surface area contributed by atoms with Crippen LogP contribution in [-0.4, -0.2) is 9.13 Å². The van der Waals surface area contributed by atoms with Crippen LogP contribution in [-0.2, 0) is 6.42 Å². The molecule has 1 aliphatic carbocycles. The van der Waals surface area contributed by atoms with Crippen LogP contribution in [0, 0.1) is 0 Å². The number of benzene rings is 8. The van der Waals surface area contributed by atoms with E-state index in [1.807, 2.05) is 13.8 Å². The summed E-state index contributed by atoms with van der Waals surface area (Å²) >= 11 is 0. The molecule has 0 aliphatic heterocycles. The van der Waals surface area contributed by atoms with Gasteiger partial charge in [-0.15, -0.1) is 13.2 Å². The summed E-state index contributed by atoms with van der Waals surface area (Å²) in [5.41, 5.74) is 17.8. The SMILES string of the molecule is C=CC.C=CC.c1ccc(-n2c3ccccc3c3cc(-c4ccc5c(c4)-c4cc(-c6ccc7c(c6)c6ccccc6n7-c6ccccc6)ccc4C5)ccc32)cc1. The van der Waals surface area contributed by atoms with Gasteiger partial charge in [0.2, 0.25) is 0 Å². The van der Waals surface area contributed by atoms with E-state index in [2.05, 4.69) is 204 Å². The number of allylic oxidation sites excluding steroid dienone is 2. The lowest BCUT2D eigenvalue weighted by atomic mass is 9.95. The minimum absolute atomic E-state index is 0.971. The highest BCUT2D eigenvalue weighted by Gasteiger charge is 2.21. The highest BCUT2D eigenvalue weighted by atomic mass is 15.0. The summed E-state index contributed by atoms with van der Waals surface area (Å²) in [4.78, 5) is 0. The highest BCUT2D eigenvalue weighted by Crippen LogP contribution is 2.43. The molecule has 2 heteroatoms. The maximum absolute atomic E-state index is 3.36. The van der Waals surface area contributed by atoms with E-state index >= 15 is 0 Å². The van der Waals surface area contributed by atoms with Crippen molar-refractivity contribution in [3.8, 4) is 44.8 Å². The Morgan fingerprint density at radius 3 is 1.12 bits per heavy atom. The average Bonchev–Trinajstić information content (AvgIpc) is 3.91. The molecule has 274 valence electrons. The van der Waals surface area contributed by atoms with Gasteiger partial charge in [-0.1, -0.05) is 121 Å². The van der Waals surface area contributed by atoms with Crippen LogP contribution in [0.4, 0.5) is 0 Å². The maximum atomic E-state index is 3.36. The van der Waals surface area contributed by atoms with Gasteiger partial charge < -0.3 is 9.13 Å². The zero-order chi connectivity index (χ0) is 38.9. The molecule has 0 bridgehead atoms. The van der Waals surface area contributed by atoms with Crippen molar-refractivity contribution in [3.05, 3.63) is 218 Å². The first-order chi connectivity index (χ1) is 28.1. The van der Waals surface area contributed by atoms with Crippen molar-refractivity contribution >= 4 is 43.6 Å². The standard InChI is InChI=1S/C49H32N2.2C3H6/c1-3-11-38(12-4-1)50-46-17-9-7-15-40(46)44-30-34(23-25-48(44)50)32-19-21-36-27-37-22-20-33(29-43(37)42(36)28-32)35-24-26-49-45(31-35)41-16-8-10-18-47(41)51(49)39-13-5-2-6-14-39;2*1-3-2/h1-26,28-31H,27H2;2*3H,1H2,2H3. The van der Waals surface area contributed by atoms with Crippen molar-refractivity contribution in [3.63, 3.8) is 0 Å². The van der Waals surface area contributed by atoms with Crippen LogP contribution >= 0.6 is 0 Å². The van der Waals surface area contributed by atoms with Crippen LogP contribution in [0.5, 0.6) is 0 Å². The van der Waals surface area contributed by atoms with E-state index in [0.717, 1.165) is 6.42 Å². The molecular formula is C55H44N2. The summed E-state index contributed by atoms with van der Waals surface area (Å²) < 4.78 is 4.76. The molecule has 0 amide bonds. The van der Waals surface area contributed by atoms with E-state index in [9.17, 15) is 0 Å². The number of rotatable bonds is 4. The molecule has 1 aliphatic rings. The number of para-hydroxylation sites is 4. The van der Waals surface area contributed by atoms with Gasteiger partial charge in [0, 0.05) is 32.9 Å². The largest absolute Gasteiger partial charge is 0.309 e. The van der Waals surface area contributed by atoms with Crippen molar-refractivity contribution in [1.29, 1.82) is 0 Å². The van der Waals surface area contributed by atoms with Crippen LogP contribution in [0.2, 0.25) is 0 Å². The predicted molar refractivity (Wildman–Crippen MR) is 246 cm³/mol. The van der Waals surface area contributed by atoms with E-state index in [4.69, 9.17) is 0 Å². The number of hydrogen-bond acceptors (Lipinski definition) is 0. The topological polar surface area (TPSA) is 9.86 Å². The van der Waals surface area contributed by atoms with Gasteiger partial charge in [-0.3, -0.25) is 0 Å². The molecule has 2 nitrogen and oxygen atoms in total. The van der Waals surface area contributed by atoms with E-state index in [-0.39, 0.29) is 0 Å². The third-order valence-electron chi connectivity index (χ3n) is 10.9. The molecule has 0 unspecified atom stereocenters. The summed E-state index contributed by atoms with van der Waals surface area (Å²) in [6.45, 7) is 10.5. The number of fused-ring (bicyclic) bond motifs is 9. The molecule has 0 saturated carbocycles. The molecule has 0 saturated heterocycles. The monoisotopic (exact) mass is 732 g/mol. The van der Waals surface area contributed by atoms with Crippen molar-refractivity contribution in [2.75, 3.05) is 0 Å². The molecular weight excluding hydrogens is 689 g/mol. The zero-order valence-corrected chi connectivity index (χ0v) is 32.5. The van der Waals surface area contributed by atoms with Crippen molar-refractivity contribution < 1.29 is 0 Å². The number of nitrogens with zero attached hydrogens (tertiary/aromatic N) is 2. The third-order valence-corrected chi connectivity index (χ3v) is 10.9. The fourth-order valence-electron chi connectivity index (χ4n) is 8.54. The minimum Gasteiger partial charge on any atom is -0.309 e. The fourth-order valence-corrected chi connectivity index (χ4v) is 8.54. The highest BCUT2D eigenvalue weighted by molar-refractivity contribution is 6.11. The molecule has 2 heterocycles. The Morgan fingerprint density at radius 2 is 0.702 bits per heavy atom. The molecule has 11 rings (SSSR count). The van der Waals surface area contributed by atoms with Gasteiger partial charge in [-0.25, -0.2) is 0 Å². The summed E-state index contributed by atoms with van der Waals surface area (Å²) in [5.74, 6) is 0. The maximum Gasteiger partial charge on any atom is 0.0541 e. The quantitative estimate of drug-likeness (QED) is 0.159. The lowest BCUT2D eigenvalue weighted by molar-refractivity contribution is 1.18. The van der Waals surface area contributed by atoms with Crippen LogP contribution in [0.25, 0.3) is 88.4 Å². The first-order valence-corrected chi connectivity index (χ1v) is 19.7. The second-order valence-corrected chi connectivity index (χ2v) is 14.6. The van der Waals surface area contributed by atoms with E-state index in [1.54, 1.807) is 12.2 Å². The van der Waals surface area contributed by atoms with Crippen LogP contribution in [0.15, 0.2) is 207 Å². The van der Waals surface area contributed by atoms with Gasteiger partial charge in [0.25, 0.3) is 0 Å². The first-order valence-electron chi connectivity index (χ1n) is 19.7. The molecule has 10 aromatic rings. The Morgan fingerprint density at radius 1 is 0.368 bits per heavy atom. The van der Waals surface area contributed by atoms with Gasteiger partial charge in [-0.05, 0) is 138 Å². The second-order valence-electron chi connectivity index (χ2n) is 14.6. The Kier molecular flexibility index (Phi) is 9.46. The molecule has 0 atom stereocenters. The zero-order valence-electron chi connectivity index (χ0n) is 32.5. The fraction of sp³-hybridized carbons (Fsp3) is 0.0545. The smallest absolute Gasteiger partial charge is 0.0541 e.